The minimum absolute atomic E-state index is 0.196. The van der Waals surface area contributed by atoms with Gasteiger partial charge in [0, 0.05) is 16.8 Å². The highest BCUT2D eigenvalue weighted by molar-refractivity contribution is 6.26. The maximum atomic E-state index is 2.62. The SMILES string of the molecule is Cc1ccc2c3c(CC(C)(C)C)cccc3n3c4cc(-c5c(C(C)C)cc(C(C)C)cc5C(C)C)cc5cc[n+](C)c(c1c23)c54. The molecule has 0 fully saturated rings. The van der Waals surface area contributed by atoms with Crippen molar-refractivity contribution < 1.29 is 4.57 Å². The second kappa shape index (κ2) is 10.3. The summed E-state index contributed by atoms with van der Waals surface area (Å²) in [5.41, 5.74) is 15.4. The molecule has 7 rings (SSSR count). The molecule has 0 atom stereocenters. The summed E-state index contributed by atoms with van der Waals surface area (Å²) < 4.78 is 4.96. The number of fused-ring (bicyclic) bond motifs is 5. The summed E-state index contributed by atoms with van der Waals surface area (Å²) in [6.45, 7) is 23.4. The zero-order valence-electron chi connectivity index (χ0n) is 29.2. The Morgan fingerprint density at radius 2 is 1.42 bits per heavy atom. The first-order chi connectivity index (χ1) is 21.3. The van der Waals surface area contributed by atoms with Crippen LogP contribution >= 0.6 is 0 Å². The summed E-state index contributed by atoms with van der Waals surface area (Å²) >= 11 is 0. The normalized spacial score (nSPS) is 13.0. The Labute approximate surface area is 269 Å². The van der Waals surface area contributed by atoms with Crippen molar-refractivity contribution in [1.29, 1.82) is 0 Å². The number of nitrogens with zero attached hydrogens (tertiary/aromatic N) is 2. The second-order valence-electron chi connectivity index (χ2n) is 15.8. The average molecular weight is 594 g/mol. The lowest BCUT2D eigenvalue weighted by Crippen LogP contribution is -2.28. The van der Waals surface area contributed by atoms with E-state index >= 15 is 0 Å². The predicted octanol–water partition coefficient (Wildman–Crippen LogP) is 11.7. The Morgan fingerprint density at radius 3 is 2.04 bits per heavy atom. The Balaban J connectivity index is 1.72. The summed E-state index contributed by atoms with van der Waals surface area (Å²) in [7, 11) is 2.21. The molecule has 0 amide bonds. The molecule has 0 saturated heterocycles. The van der Waals surface area contributed by atoms with E-state index in [-0.39, 0.29) is 5.41 Å². The summed E-state index contributed by atoms with van der Waals surface area (Å²) in [6.07, 6.45) is 3.31. The van der Waals surface area contributed by atoms with Crippen LogP contribution in [0.1, 0.15) is 108 Å². The fourth-order valence-electron chi connectivity index (χ4n) is 7.99. The fourth-order valence-corrected chi connectivity index (χ4v) is 7.99. The highest BCUT2D eigenvalue weighted by atomic mass is 15.0. The highest BCUT2D eigenvalue weighted by Gasteiger charge is 2.27. The maximum Gasteiger partial charge on any atom is 0.224 e. The third-order valence-corrected chi connectivity index (χ3v) is 10.1. The highest BCUT2D eigenvalue weighted by Crippen LogP contribution is 2.45. The molecule has 45 heavy (non-hydrogen) atoms. The minimum atomic E-state index is 0.196. The van der Waals surface area contributed by atoms with Gasteiger partial charge in [-0.1, -0.05) is 98.7 Å². The Bertz CT molecular complexity index is 2240. The van der Waals surface area contributed by atoms with E-state index in [1.165, 1.54) is 87.9 Å². The van der Waals surface area contributed by atoms with Crippen molar-refractivity contribution in [3.8, 4) is 11.1 Å². The minimum Gasteiger partial charge on any atom is -0.307 e. The number of aryl methyl sites for hydroxylation is 2. The summed E-state index contributed by atoms with van der Waals surface area (Å²) in [4.78, 5) is 0. The molecule has 0 unspecified atom stereocenters. The van der Waals surface area contributed by atoms with Gasteiger partial charge in [-0.3, -0.25) is 0 Å². The number of hydrogen-bond acceptors (Lipinski definition) is 0. The van der Waals surface area contributed by atoms with Crippen LogP contribution in [0.2, 0.25) is 0 Å². The van der Waals surface area contributed by atoms with E-state index in [9.17, 15) is 0 Å². The number of rotatable bonds is 5. The molecule has 0 spiro atoms. The van der Waals surface area contributed by atoms with Crippen molar-refractivity contribution in [2.75, 3.05) is 0 Å². The van der Waals surface area contributed by atoms with Gasteiger partial charge in [-0.25, -0.2) is 4.57 Å². The maximum absolute atomic E-state index is 2.62. The van der Waals surface area contributed by atoms with Gasteiger partial charge in [0.05, 0.1) is 27.3 Å². The molecule has 0 radical (unpaired) electrons. The molecule has 0 N–H and O–H groups in total. The number of aromatic nitrogens is 2. The van der Waals surface area contributed by atoms with Gasteiger partial charge in [-0.2, -0.15) is 0 Å². The quantitative estimate of drug-likeness (QED) is 0.107. The van der Waals surface area contributed by atoms with Crippen LogP contribution in [0.3, 0.4) is 0 Å². The molecule has 7 aromatic rings. The molecule has 2 heteroatoms. The van der Waals surface area contributed by atoms with E-state index in [1.54, 1.807) is 0 Å². The van der Waals surface area contributed by atoms with E-state index in [4.69, 9.17) is 0 Å². The van der Waals surface area contributed by atoms with Gasteiger partial charge in [0.25, 0.3) is 0 Å². The van der Waals surface area contributed by atoms with Crippen LogP contribution in [-0.4, -0.2) is 4.40 Å². The summed E-state index contributed by atoms with van der Waals surface area (Å²) in [5.74, 6) is 1.35. The molecule has 0 aliphatic heterocycles. The lowest BCUT2D eigenvalue weighted by atomic mass is 9.81. The smallest absolute Gasteiger partial charge is 0.224 e. The average Bonchev–Trinajstić information content (AvgIpc) is 3.31. The van der Waals surface area contributed by atoms with Gasteiger partial charge in [-0.15, -0.1) is 0 Å². The molecule has 0 aliphatic rings. The largest absolute Gasteiger partial charge is 0.307 e. The van der Waals surface area contributed by atoms with Crippen LogP contribution in [0.5, 0.6) is 0 Å². The van der Waals surface area contributed by atoms with Gasteiger partial charge in [-0.05, 0) is 99.0 Å². The standard InChI is InChI=1S/C43H49N2/c1-24(2)30-20-33(25(3)4)38(34(21-30)26(5)6)31-19-28-17-18-44(11)42-37-27(7)15-16-32-39-29(23-43(8,9)10)13-12-14-35(39)45(41(32)37)36(22-31)40(28)42/h12-22,24-26H,23H2,1-11H3/q+1. The van der Waals surface area contributed by atoms with Crippen molar-refractivity contribution in [3.05, 3.63) is 94.7 Å². The van der Waals surface area contributed by atoms with E-state index in [0.717, 1.165) is 6.42 Å². The van der Waals surface area contributed by atoms with Gasteiger partial charge in [0.1, 0.15) is 7.05 Å². The Morgan fingerprint density at radius 1 is 0.733 bits per heavy atom. The number of hydrogen-bond donors (Lipinski definition) is 0. The molecule has 0 saturated carbocycles. The molecule has 0 bridgehead atoms. The molecule has 2 nitrogen and oxygen atoms in total. The first kappa shape index (κ1) is 29.8. The monoisotopic (exact) mass is 593 g/mol. The first-order valence-corrected chi connectivity index (χ1v) is 17.0. The number of benzene rings is 4. The van der Waals surface area contributed by atoms with Crippen LogP contribution in [0.4, 0.5) is 0 Å². The predicted molar refractivity (Wildman–Crippen MR) is 195 cm³/mol. The van der Waals surface area contributed by atoms with E-state index < -0.39 is 0 Å². The van der Waals surface area contributed by atoms with Crippen LogP contribution < -0.4 is 4.57 Å². The lowest BCUT2D eigenvalue weighted by molar-refractivity contribution is -0.643. The van der Waals surface area contributed by atoms with E-state index in [2.05, 4.69) is 152 Å². The molecular formula is C43H49N2+. The van der Waals surface area contributed by atoms with Crippen LogP contribution in [0.25, 0.3) is 60.1 Å². The third kappa shape index (κ3) is 4.55. The third-order valence-electron chi connectivity index (χ3n) is 10.1. The van der Waals surface area contributed by atoms with E-state index in [1.807, 2.05) is 0 Å². The zero-order chi connectivity index (χ0) is 32.1. The van der Waals surface area contributed by atoms with Gasteiger partial charge >= 0.3 is 0 Å². The van der Waals surface area contributed by atoms with Crippen LogP contribution in [0, 0.1) is 12.3 Å². The lowest BCUT2D eigenvalue weighted by Gasteiger charge is -2.24. The van der Waals surface area contributed by atoms with Gasteiger partial charge in [0.15, 0.2) is 6.20 Å². The zero-order valence-corrected chi connectivity index (χ0v) is 29.2. The second-order valence-corrected chi connectivity index (χ2v) is 15.8. The molecule has 3 heterocycles. The van der Waals surface area contributed by atoms with Crippen molar-refractivity contribution in [2.45, 2.75) is 93.4 Å². The number of pyridine rings is 2. The Kier molecular flexibility index (Phi) is 6.82. The van der Waals surface area contributed by atoms with Crippen molar-refractivity contribution in [3.63, 3.8) is 0 Å². The van der Waals surface area contributed by atoms with Crippen molar-refractivity contribution in [2.24, 2.45) is 12.5 Å². The van der Waals surface area contributed by atoms with Crippen molar-refractivity contribution >= 4 is 49.0 Å². The van der Waals surface area contributed by atoms with Crippen LogP contribution in [-0.2, 0) is 13.5 Å². The van der Waals surface area contributed by atoms with E-state index in [0.29, 0.717) is 17.8 Å². The summed E-state index contributed by atoms with van der Waals surface area (Å²) in [5, 5.41) is 6.80. The van der Waals surface area contributed by atoms with Gasteiger partial charge < -0.3 is 4.40 Å². The first-order valence-electron chi connectivity index (χ1n) is 17.0. The molecule has 3 aromatic heterocycles. The fraction of sp³-hybridized carbons (Fsp3) is 0.372. The summed E-state index contributed by atoms with van der Waals surface area (Å²) in [6, 6.07) is 24.0. The molecule has 0 aliphatic carbocycles. The Hall–Kier alpha value is -3.91. The van der Waals surface area contributed by atoms with Crippen LogP contribution in [0.15, 0.2) is 66.9 Å². The van der Waals surface area contributed by atoms with Gasteiger partial charge in [0.2, 0.25) is 5.52 Å². The molecular weight excluding hydrogens is 544 g/mol. The van der Waals surface area contributed by atoms with Crippen molar-refractivity contribution in [1.82, 2.24) is 4.40 Å². The topological polar surface area (TPSA) is 8.29 Å². The molecule has 4 aromatic carbocycles. The molecule has 230 valence electrons.